The minimum atomic E-state index is -0.600. The van der Waals surface area contributed by atoms with Crippen molar-refractivity contribution < 1.29 is 26.7 Å². The molecule has 1 aromatic heterocycles. The second-order valence-electron chi connectivity index (χ2n) is 11.6. The number of piperidine rings is 3. The fourth-order valence-corrected chi connectivity index (χ4v) is 7.71. The zero-order valence-corrected chi connectivity index (χ0v) is 23.6. The van der Waals surface area contributed by atoms with Crippen LogP contribution < -0.4 is 17.1 Å². The molecule has 3 fully saturated rings. The summed E-state index contributed by atoms with van der Waals surface area (Å²) in [5.41, 5.74) is 3.23. The van der Waals surface area contributed by atoms with E-state index in [1.54, 1.807) is 7.11 Å². The summed E-state index contributed by atoms with van der Waals surface area (Å²) in [4.78, 5) is 4.59. The molecule has 5 aromatic rings. The van der Waals surface area contributed by atoms with Gasteiger partial charge in [-0.15, -0.1) is 6.58 Å². The molecule has 1 N–H and O–H groups in total. The van der Waals surface area contributed by atoms with Gasteiger partial charge < -0.3 is 26.7 Å². The third-order valence-electron chi connectivity index (χ3n) is 9.70. The minimum absolute atomic E-state index is 0. The summed E-state index contributed by atoms with van der Waals surface area (Å²) in [6.45, 7) is 7.21. The summed E-state index contributed by atoms with van der Waals surface area (Å²) in [5.74, 6) is 1.82. The van der Waals surface area contributed by atoms with Crippen LogP contribution in [0.5, 0.6) is 5.75 Å². The normalized spacial score (nSPS) is 24.6. The van der Waals surface area contributed by atoms with Gasteiger partial charge in [0.05, 0.1) is 25.7 Å². The van der Waals surface area contributed by atoms with Crippen LogP contribution in [0.25, 0.3) is 32.4 Å². The average Bonchev–Trinajstić information content (AvgIpc) is 3.00. The summed E-state index contributed by atoms with van der Waals surface area (Å²) in [7, 11) is 1.68. The molecule has 0 aliphatic carbocycles. The number of halogens is 1. The summed E-state index contributed by atoms with van der Waals surface area (Å²) in [6, 6.07) is 27.9. The molecule has 0 radical (unpaired) electrons. The minimum Gasteiger partial charge on any atom is -1.00 e. The first kappa shape index (κ1) is 26.8. The quantitative estimate of drug-likeness (QED) is 0.196. The maximum Gasteiger partial charge on any atom is 0.131 e. The Bertz CT molecular complexity index is 1660. The standard InChI is InChI=1S/C35H35N2O2.ClH/c1-3-23-21-37(22-32-28-10-6-4-8-25(28)18-26-9-5-7-11-29(26)32)17-15-24(23)19-34(37)35(38)30-14-16-36-33-13-12-27(39-2)20-31(30)33;/h3-14,16,18,20,23-24,34-35,38H,1,15,17,19,21-22H2,2H3;1H/q+1;/p-1/t23-,24-,34+,35-,37-;/m0./s1. The average molecular weight is 551 g/mol. The van der Waals surface area contributed by atoms with E-state index in [1.165, 1.54) is 33.5 Å². The van der Waals surface area contributed by atoms with Crippen LogP contribution in [0.3, 0.4) is 0 Å². The maximum absolute atomic E-state index is 12.2. The molecule has 4 nitrogen and oxygen atoms in total. The highest BCUT2D eigenvalue weighted by molar-refractivity contribution is 6.02. The number of quaternary nitrogens is 1. The van der Waals surface area contributed by atoms with Crippen LogP contribution in [0.15, 0.2) is 97.7 Å². The van der Waals surface area contributed by atoms with Crippen molar-refractivity contribution in [3.63, 3.8) is 0 Å². The van der Waals surface area contributed by atoms with Gasteiger partial charge in [0.2, 0.25) is 0 Å². The van der Waals surface area contributed by atoms with E-state index in [0.29, 0.717) is 11.8 Å². The molecule has 4 aromatic carbocycles. The van der Waals surface area contributed by atoms with Crippen molar-refractivity contribution in [1.29, 1.82) is 0 Å². The number of hydrogen-bond acceptors (Lipinski definition) is 3. The monoisotopic (exact) mass is 550 g/mol. The first-order valence-electron chi connectivity index (χ1n) is 14.1. The Morgan fingerprint density at radius 2 is 1.73 bits per heavy atom. The molecule has 2 bridgehead atoms. The molecule has 0 spiro atoms. The molecule has 0 amide bonds. The third kappa shape index (κ3) is 4.26. The van der Waals surface area contributed by atoms with E-state index in [1.807, 2.05) is 30.5 Å². The van der Waals surface area contributed by atoms with Crippen LogP contribution >= 0.6 is 0 Å². The van der Waals surface area contributed by atoms with Gasteiger partial charge in [-0.1, -0.05) is 54.6 Å². The highest BCUT2D eigenvalue weighted by Crippen LogP contribution is 2.49. The number of methoxy groups -OCH3 is 1. The largest absolute Gasteiger partial charge is 1.00 e. The van der Waals surface area contributed by atoms with Gasteiger partial charge in [0, 0.05) is 35.9 Å². The smallest absolute Gasteiger partial charge is 0.131 e. The Morgan fingerprint density at radius 1 is 1.00 bits per heavy atom. The Labute approximate surface area is 241 Å². The van der Waals surface area contributed by atoms with E-state index in [9.17, 15) is 5.11 Å². The number of aliphatic hydroxyl groups is 1. The number of fused-ring (bicyclic) bond motifs is 6. The number of rotatable bonds is 6. The Morgan fingerprint density at radius 3 is 2.42 bits per heavy atom. The summed E-state index contributed by atoms with van der Waals surface area (Å²) < 4.78 is 6.41. The van der Waals surface area contributed by atoms with Gasteiger partial charge in [-0.25, -0.2) is 0 Å². The lowest BCUT2D eigenvalue weighted by molar-refractivity contribution is -0.984. The number of ether oxygens (including phenoxy) is 1. The zero-order chi connectivity index (χ0) is 26.6. The predicted molar refractivity (Wildman–Crippen MR) is 159 cm³/mol. The van der Waals surface area contributed by atoms with Crippen LogP contribution in [0.2, 0.25) is 0 Å². The summed E-state index contributed by atoms with van der Waals surface area (Å²) in [5, 5.41) is 18.4. The third-order valence-corrected chi connectivity index (χ3v) is 9.70. The highest BCUT2D eigenvalue weighted by atomic mass is 35.5. The lowest BCUT2D eigenvalue weighted by Crippen LogP contribution is -3.00. The van der Waals surface area contributed by atoms with Gasteiger partial charge in [-0.3, -0.25) is 4.98 Å². The molecule has 3 aliphatic rings. The van der Waals surface area contributed by atoms with Crippen molar-refractivity contribution in [1.82, 2.24) is 4.98 Å². The number of benzene rings is 4. The molecule has 5 atom stereocenters. The molecule has 0 unspecified atom stereocenters. The van der Waals surface area contributed by atoms with Crippen molar-refractivity contribution >= 4 is 32.4 Å². The van der Waals surface area contributed by atoms with Gasteiger partial charge in [-0.2, -0.15) is 0 Å². The Kier molecular flexibility index (Phi) is 7.03. The molecule has 3 saturated heterocycles. The molecule has 5 heteroatoms. The summed E-state index contributed by atoms with van der Waals surface area (Å²) in [6.07, 6.45) is 5.58. The first-order valence-corrected chi connectivity index (χ1v) is 14.1. The van der Waals surface area contributed by atoms with Gasteiger partial charge in [0.25, 0.3) is 0 Å². The number of aliphatic hydroxyl groups excluding tert-OH is 1. The van der Waals surface area contributed by atoms with E-state index in [4.69, 9.17) is 4.74 Å². The van der Waals surface area contributed by atoms with Crippen LogP contribution in [0, 0.1) is 11.8 Å². The topological polar surface area (TPSA) is 42.4 Å². The molecule has 8 rings (SSSR count). The van der Waals surface area contributed by atoms with Crippen molar-refractivity contribution in [3.05, 3.63) is 109 Å². The molecule has 204 valence electrons. The molecular formula is C35H35ClN2O2. The van der Waals surface area contributed by atoms with Crippen LogP contribution in [0.4, 0.5) is 0 Å². The summed E-state index contributed by atoms with van der Waals surface area (Å²) >= 11 is 0. The van der Waals surface area contributed by atoms with Crippen molar-refractivity contribution in [2.75, 3.05) is 20.2 Å². The second kappa shape index (κ2) is 10.5. The number of aromatic nitrogens is 1. The fourth-order valence-electron chi connectivity index (χ4n) is 7.71. The zero-order valence-electron chi connectivity index (χ0n) is 22.8. The van der Waals surface area contributed by atoms with E-state index in [0.717, 1.165) is 52.8 Å². The molecule has 40 heavy (non-hydrogen) atoms. The predicted octanol–water partition coefficient (Wildman–Crippen LogP) is 4.20. The fraction of sp³-hybridized carbons (Fsp3) is 0.286. The lowest BCUT2D eigenvalue weighted by Gasteiger charge is -2.58. The molecular weight excluding hydrogens is 516 g/mol. The van der Waals surface area contributed by atoms with Crippen molar-refractivity contribution in [2.45, 2.75) is 31.5 Å². The van der Waals surface area contributed by atoms with Crippen molar-refractivity contribution in [2.24, 2.45) is 11.8 Å². The van der Waals surface area contributed by atoms with Crippen LogP contribution in [-0.2, 0) is 6.54 Å². The SMILES string of the molecule is C=C[C@H]1C[N@+]2(Cc3c4ccccc4cc4ccccc34)CC[C@H]1C[C@@H]2[C@@H](O)c1ccnc2ccc(OC)cc12.[Cl-]. The highest BCUT2D eigenvalue weighted by Gasteiger charge is 2.54. The van der Waals surface area contributed by atoms with E-state index >= 15 is 0 Å². The Balaban J connectivity index is 0.00000289. The number of hydrogen-bond donors (Lipinski definition) is 1. The van der Waals surface area contributed by atoms with Gasteiger partial charge in [0.15, 0.2) is 0 Å². The van der Waals surface area contributed by atoms with Crippen LogP contribution in [-0.4, -0.2) is 40.8 Å². The molecule has 0 saturated carbocycles. The first-order chi connectivity index (χ1) is 19.1. The Hall–Kier alpha value is -3.44. The molecule has 4 heterocycles. The lowest BCUT2D eigenvalue weighted by atomic mass is 9.71. The van der Waals surface area contributed by atoms with Gasteiger partial charge in [-0.05, 0) is 63.4 Å². The van der Waals surface area contributed by atoms with E-state index < -0.39 is 6.10 Å². The van der Waals surface area contributed by atoms with E-state index in [-0.39, 0.29) is 18.4 Å². The number of nitrogens with zero attached hydrogens (tertiary/aromatic N) is 2. The molecule has 3 aliphatic heterocycles. The van der Waals surface area contributed by atoms with Gasteiger partial charge >= 0.3 is 0 Å². The van der Waals surface area contributed by atoms with Gasteiger partial charge in [0.1, 0.15) is 24.4 Å². The van der Waals surface area contributed by atoms with Crippen molar-refractivity contribution in [3.8, 4) is 5.75 Å². The maximum atomic E-state index is 12.2. The van der Waals surface area contributed by atoms with E-state index in [2.05, 4.69) is 72.2 Å². The second-order valence-corrected chi connectivity index (χ2v) is 11.6. The number of pyridine rings is 1. The van der Waals surface area contributed by atoms with Crippen LogP contribution in [0.1, 0.15) is 30.1 Å².